The second-order valence-electron chi connectivity index (χ2n) is 4.39. The fourth-order valence-corrected chi connectivity index (χ4v) is 2.13. The lowest BCUT2D eigenvalue weighted by Crippen LogP contribution is -2.19. The number of rotatable bonds is 1. The highest BCUT2D eigenvalue weighted by molar-refractivity contribution is 6.04. The Kier molecular flexibility index (Phi) is 2.76. The van der Waals surface area contributed by atoms with Gasteiger partial charge in [0.25, 0.3) is 5.91 Å². The molecular formula is C15H13N3O. The van der Waals surface area contributed by atoms with Crippen molar-refractivity contribution in [1.29, 1.82) is 0 Å². The zero-order valence-corrected chi connectivity index (χ0v) is 10.2. The molecule has 2 aromatic carbocycles. The molecule has 1 atom stereocenters. The van der Waals surface area contributed by atoms with Crippen molar-refractivity contribution in [3.63, 3.8) is 0 Å². The molecule has 0 aliphatic carbocycles. The van der Waals surface area contributed by atoms with E-state index in [0.717, 1.165) is 16.8 Å². The number of aliphatic imine (C=N–C) groups is 1. The van der Waals surface area contributed by atoms with E-state index in [1.807, 2.05) is 42.5 Å². The number of nitrogen functional groups attached to an aromatic ring is 1. The van der Waals surface area contributed by atoms with Crippen LogP contribution in [0.3, 0.4) is 0 Å². The number of hydrogen-bond acceptors (Lipinski definition) is 3. The zero-order valence-electron chi connectivity index (χ0n) is 10.2. The summed E-state index contributed by atoms with van der Waals surface area (Å²) in [5, 5.41) is 2.88. The first-order chi connectivity index (χ1) is 9.25. The average Bonchev–Trinajstić information content (AvgIpc) is 2.58. The predicted molar refractivity (Wildman–Crippen MR) is 76.3 cm³/mol. The summed E-state index contributed by atoms with van der Waals surface area (Å²) in [6, 6.07) is 14.2. The number of nitrogens with zero attached hydrogens (tertiary/aromatic N) is 1. The van der Waals surface area contributed by atoms with E-state index in [-0.39, 0.29) is 5.91 Å². The molecule has 3 N–H and O–H groups in total. The highest BCUT2D eigenvalue weighted by Crippen LogP contribution is 2.28. The molecule has 19 heavy (non-hydrogen) atoms. The van der Waals surface area contributed by atoms with Crippen molar-refractivity contribution in [1.82, 2.24) is 0 Å². The molecule has 3 rings (SSSR count). The molecule has 1 aliphatic rings. The van der Waals surface area contributed by atoms with E-state index in [4.69, 9.17) is 5.73 Å². The van der Waals surface area contributed by atoms with Gasteiger partial charge in [0, 0.05) is 28.7 Å². The van der Waals surface area contributed by atoms with Crippen molar-refractivity contribution >= 4 is 23.5 Å². The van der Waals surface area contributed by atoms with E-state index < -0.39 is 6.04 Å². The van der Waals surface area contributed by atoms with Crippen LogP contribution in [-0.2, 0) is 4.79 Å². The Morgan fingerprint density at radius 3 is 2.63 bits per heavy atom. The Bertz CT molecular complexity index is 664. The number of benzene rings is 2. The number of fused-ring (bicyclic) bond motifs is 1. The second-order valence-corrected chi connectivity index (χ2v) is 4.39. The van der Waals surface area contributed by atoms with Gasteiger partial charge in [0.15, 0.2) is 6.04 Å². The van der Waals surface area contributed by atoms with Crippen LogP contribution in [0.1, 0.15) is 17.2 Å². The second kappa shape index (κ2) is 4.57. The molecule has 2 aromatic rings. The van der Waals surface area contributed by atoms with Gasteiger partial charge in [-0.2, -0.15) is 0 Å². The summed E-state index contributed by atoms with van der Waals surface area (Å²) < 4.78 is 0. The number of anilines is 2. The third-order valence-corrected chi connectivity index (χ3v) is 3.12. The Balaban J connectivity index is 2.03. The smallest absolute Gasteiger partial charge is 0.253 e. The number of amides is 1. The zero-order chi connectivity index (χ0) is 13.2. The summed E-state index contributed by atoms with van der Waals surface area (Å²) >= 11 is 0. The molecule has 1 heterocycles. The van der Waals surface area contributed by atoms with Gasteiger partial charge in [-0.15, -0.1) is 0 Å². The molecule has 0 bridgehead atoms. The SMILES string of the molecule is Nc1ccccc1[C@@H]1N=Cc2ccccc2NC1=O. The summed E-state index contributed by atoms with van der Waals surface area (Å²) in [5.41, 5.74) is 8.88. The van der Waals surface area contributed by atoms with Gasteiger partial charge in [0.1, 0.15) is 0 Å². The third kappa shape index (κ3) is 2.08. The standard InChI is InChI=1S/C15H13N3O/c16-12-7-3-2-6-11(12)14-15(19)18-13-8-4-1-5-10(13)9-17-14/h1-9,14H,16H2,(H,18,19)/t14-/m0/s1. The molecule has 0 unspecified atom stereocenters. The average molecular weight is 251 g/mol. The number of nitrogens with one attached hydrogen (secondary N) is 1. The van der Waals surface area contributed by atoms with Crippen molar-refractivity contribution in [3.05, 3.63) is 59.7 Å². The molecule has 0 saturated carbocycles. The minimum Gasteiger partial charge on any atom is -0.398 e. The predicted octanol–water partition coefficient (Wildman–Crippen LogP) is 2.38. The Hall–Kier alpha value is -2.62. The van der Waals surface area contributed by atoms with Crippen molar-refractivity contribution in [2.45, 2.75) is 6.04 Å². The van der Waals surface area contributed by atoms with Gasteiger partial charge in [-0.05, 0) is 12.1 Å². The first-order valence-electron chi connectivity index (χ1n) is 6.03. The summed E-state index contributed by atoms with van der Waals surface area (Å²) in [6.07, 6.45) is 1.71. The van der Waals surface area contributed by atoms with Crippen LogP contribution in [0, 0.1) is 0 Å². The first-order valence-corrected chi connectivity index (χ1v) is 6.03. The third-order valence-electron chi connectivity index (χ3n) is 3.12. The van der Waals surface area contributed by atoms with Gasteiger partial charge in [-0.3, -0.25) is 9.79 Å². The van der Waals surface area contributed by atoms with E-state index in [1.54, 1.807) is 12.3 Å². The van der Waals surface area contributed by atoms with Crippen LogP contribution < -0.4 is 11.1 Å². The maximum absolute atomic E-state index is 12.2. The fraction of sp³-hybridized carbons (Fsp3) is 0.0667. The molecule has 4 nitrogen and oxygen atoms in total. The topological polar surface area (TPSA) is 67.5 Å². The van der Waals surface area contributed by atoms with Gasteiger partial charge in [0.05, 0.1) is 0 Å². The molecule has 0 radical (unpaired) electrons. The number of nitrogens with two attached hydrogens (primary N) is 1. The van der Waals surface area contributed by atoms with E-state index in [0.29, 0.717) is 5.69 Å². The van der Waals surface area contributed by atoms with Gasteiger partial charge in [-0.25, -0.2) is 0 Å². The molecule has 1 amide bonds. The minimum absolute atomic E-state index is 0.167. The number of para-hydroxylation sites is 2. The van der Waals surface area contributed by atoms with Crippen LogP contribution >= 0.6 is 0 Å². The number of carbonyl (C=O) groups excluding carboxylic acids is 1. The van der Waals surface area contributed by atoms with Gasteiger partial charge in [-0.1, -0.05) is 36.4 Å². The molecule has 0 aromatic heterocycles. The van der Waals surface area contributed by atoms with Crippen molar-refractivity contribution in [2.75, 3.05) is 11.1 Å². The Morgan fingerprint density at radius 1 is 1.05 bits per heavy atom. The lowest BCUT2D eigenvalue weighted by molar-refractivity contribution is -0.117. The van der Waals surface area contributed by atoms with Crippen LogP contribution in [0.15, 0.2) is 53.5 Å². The Morgan fingerprint density at radius 2 is 1.79 bits per heavy atom. The number of hydrogen-bond donors (Lipinski definition) is 2. The highest BCUT2D eigenvalue weighted by Gasteiger charge is 2.23. The molecule has 0 saturated heterocycles. The number of benzodiazepines with no additional fused rings is 1. The Labute approximate surface area is 111 Å². The highest BCUT2D eigenvalue weighted by atomic mass is 16.2. The molecule has 0 spiro atoms. The molecule has 1 aliphatic heterocycles. The van der Waals surface area contributed by atoms with Crippen LogP contribution in [0.25, 0.3) is 0 Å². The lowest BCUT2D eigenvalue weighted by atomic mass is 10.0. The van der Waals surface area contributed by atoms with Crippen LogP contribution in [-0.4, -0.2) is 12.1 Å². The van der Waals surface area contributed by atoms with Gasteiger partial charge < -0.3 is 11.1 Å². The molecule has 4 heteroatoms. The van der Waals surface area contributed by atoms with Crippen LogP contribution in [0.4, 0.5) is 11.4 Å². The maximum atomic E-state index is 12.2. The molecular weight excluding hydrogens is 238 g/mol. The van der Waals surface area contributed by atoms with Crippen LogP contribution in [0.2, 0.25) is 0 Å². The van der Waals surface area contributed by atoms with Crippen LogP contribution in [0.5, 0.6) is 0 Å². The quantitative estimate of drug-likeness (QED) is 0.764. The normalized spacial score (nSPS) is 17.5. The largest absolute Gasteiger partial charge is 0.398 e. The van der Waals surface area contributed by atoms with Crippen molar-refractivity contribution in [3.8, 4) is 0 Å². The molecule has 0 fully saturated rings. The minimum atomic E-state index is -0.603. The summed E-state index contributed by atoms with van der Waals surface area (Å²) in [6.45, 7) is 0. The summed E-state index contributed by atoms with van der Waals surface area (Å²) in [5.74, 6) is -0.167. The fourth-order valence-electron chi connectivity index (χ4n) is 2.13. The van der Waals surface area contributed by atoms with E-state index in [2.05, 4.69) is 10.3 Å². The van der Waals surface area contributed by atoms with Gasteiger partial charge >= 0.3 is 0 Å². The van der Waals surface area contributed by atoms with E-state index >= 15 is 0 Å². The maximum Gasteiger partial charge on any atom is 0.253 e. The number of carbonyl (C=O) groups is 1. The summed E-state index contributed by atoms with van der Waals surface area (Å²) in [7, 11) is 0. The lowest BCUT2D eigenvalue weighted by Gasteiger charge is -2.13. The first kappa shape index (κ1) is 11.5. The molecule has 94 valence electrons. The van der Waals surface area contributed by atoms with E-state index in [1.165, 1.54) is 0 Å². The monoisotopic (exact) mass is 251 g/mol. The van der Waals surface area contributed by atoms with Gasteiger partial charge in [0.2, 0.25) is 0 Å². The van der Waals surface area contributed by atoms with E-state index in [9.17, 15) is 4.79 Å². The summed E-state index contributed by atoms with van der Waals surface area (Å²) in [4.78, 5) is 16.6. The van der Waals surface area contributed by atoms with Crippen molar-refractivity contribution in [2.24, 2.45) is 4.99 Å². The van der Waals surface area contributed by atoms with Crippen molar-refractivity contribution < 1.29 is 4.79 Å².